The molecule has 1 aliphatic rings. The maximum absolute atomic E-state index is 7.42. The molecule has 0 heterocycles. The molecule has 1 unspecified atom stereocenters. The van der Waals surface area contributed by atoms with Gasteiger partial charge in [0.2, 0.25) is 0 Å². The van der Waals surface area contributed by atoms with Gasteiger partial charge in [-0.3, -0.25) is 10.8 Å². The first-order valence-corrected chi connectivity index (χ1v) is 8.98. The second-order valence-corrected chi connectivity index (χ2v) is 6.31. The summed E-state index contributed by atoms with van der Waals surface area (Å²) in [6.45, 7) is 1.38. The number of ether oxygens (including phenoxy) is 2. The smallest absolute Gasteiger partial charge is 0.122 e. The van der Waals surface area contributed by atoms with Crippen molar-refractivity contribution >= 4 is 11.7 Å². The fraction of sp³-hybridized carbons (Fsp3) is 0.400. The molecule has 0 spiro atoms. The zero-order chi connectivity index (χ0) is 18.8. The minimum Gasteiger partial charge on any atom is -0.494 e. The summed E-state index contributed by atoms with van der Waals surface area (Å²) >= 11 is 0. The molecule has 26 heavy (non-hydrogen) atoms. The topological polar surface area (TPSA) is 118 Å². The number of amidine groups is 2. The van der Waals surface area contributed by atoms with E-state index in [0.717, 1.165) is 43.6 Å². The molecule has 0 saturated carbocycles. The van der Waals surface area contributed by atoms with E-state index >= 15 is 0 Å². The van der Waals surface area contributed by atoms with Gasteiger partial charge in [0.1, 0.15) is 17.3 Å². The summed E-state index contributed by atoms with van der Waals surface area (Å²) in [5, 5.41) is 14.8. The van der Waals surface area contributed by atoms with Gasteiger partial charge in [0.05, 0.1) is 19.0 Å². The highest BCUT2D eigenvalue weighted by atomic mass is 16.5. The molecule has 0 radical (unpaired) electrons. The summed E-state index contributed by atoms with van der Waals surface area (Å²) in [5.41, 5.74) is 11.6. The number of hydrogen-bond donors (Lipinski definition) is 4. The summed E-state index contributed by atoms with van der Waals surface area (Å²) in [6, 6.07) is 7.27. The van der Waals surface area contributed by atoms with Gasteiger partial charge >= 0.3 is 0 Å². The third-order valence-electron chi connectivity index (χ3n) is 4.21. The number of hydrogen-bond acceptors (Lipinski definition) is 4. The molecule has 6 nitrogen and oxygen atoms in total. The van der Waals surface area contributed by atoms with E-state index in [2.05, 4.69) is 0 Å². The summed E-state index contributed by atoms with van der Waals surface area (Å²) in [7, 11) is 0. The zero-order valence-electron chi connectivity index (χ0n) is 15.0. The lowest BCUT2D eigenvalue weighted by atomic mass is 9.99. The predicted octanol–water partition coefficient (Wildman–Crippen LogP) is 3.32. The summed E-state index contributed by atoms with van der Waals surface area (Å²) < 4.78 is 11.4. The summed E-state index contributed by atoms with van der Waals surface area (Å²) in [6.07, 6.45) is 10.8. The maximum atomic E-state index is 7.42. The first-order chi connectivity index (χ1) is 12.6. The molecule has 2 rings (SSSR count). The normalized spacial score (nSPS) is 16.0. The van der Waals surface area contributed by atoms with Crippen LogP contribution in [0.2, 0.25) is 0 Å². The average molecular weight is 356 g/mol. The lowest BCUT2D eigenvalue weighted by Gasteiger charge is -2.15. The molecular formula is C20H28N4O2. The van der Waals surface area contributed by atoms with Crippen molar-refractivity contribution in [3.63, 3.8) is 0 Å². The average Bonchev–Trinajstić information content (AvgIpc) is 2.64. The van der Waals surface area contributed by atoms with Crippen molar-refractivity contribution in [3.8, 4) is 5.75 Å². The van der Waals surface area contributed by atoms with Crippen molar-refractivity contribution < 1.29 is 9.47 Å². The summed E-state index contributed by atoms with van der Waals surface area (Å²) in [5.74, 6) is 1.96. The molecule has 140 valence electrons. The van der Waals surface area contributed by atoms with Gasteiger partial charge in [-0.15, -0.1) is 0 Å². The van der Waals surface area contributed by atoms with E-state index in [1.807, 2.05) is 30.4 Å². The molecule has 1 atom stereocenters. The third-order valence-corrected chi connectivity index (χ3v) is 4.21. The number of rotatable bonds is 11. The van der Waals surface area contributed by atoms with Crippen molar-refractivity contribution in [2.75, 3.05) is 13.2 Å². The van der Waals surface area contributed by atoms with Gasteiger partial charge in [-0.25, -0.2) is 0 Å². The highest BCUT2D eigenvalue weighted by Gasteiger charge is 2.11. The van der Waals surface area contributed by atoms with Gasteiger partial charge < -0.3 is 20.9 Å². The first kappa shape index (κ1) is 19.6. The fourth-order valence-corrected chi connectivity index (χ4v) is 2.61. The van der Waals surface area contributed by atoms with Crippen LogP contribution in [0.25, 0.3) is 0 Å². The number of benzene rings is 1. The van der Waals surface area contributed by atoms with Gasteiger partial charge in [-0.2, -0.15) is 0 Å². The van der Waals surface area contributed by atoms with Crippen LogP contribution in [0.15, 0.2) is 48.3 Å². The van der Waals surface area contributed by atoms with Crippen LogP contribution in [0.1, 0.15) is 37.7 Å². The van der Waals surface area contributed by atoms with Crippen molar-refractivity contribution in [1.29, 1.82) is 10.8 Å². The molecule has 1 aromatic rings. The van der Waals surface area contributed by atoms with Gasteiger partial charge in [-0.05, 0) is 68.5 Å². The molecule has 6 N–H and O–H groups in total. The molecule has 1 aliphatic carbocycles. The van der Waals surface area contributed by atoms with E-state index in [1.165, 1.54) is 0 Å². The van der Waals surface area contributed by atoms with Crippen LogP contribution in [0.4, 0.5) is 0 Å². The fourth-order valence-electron chi connectivity index (χ4n) is 2.61. The molecule has 0 bridgehead atoms. The van der Waals surface area contributed by atoms with E-state index < -0.39 is 0 Å². The zero-order valence-corrected chi connectivity index (χ0v) is 15.0. The minimum absolute atomic E-state index is 0.0148. The van der Waals surface area contributed by atoms with Gasteiger partial charge in [0, 0.05) is 11.5 Å². The molecule has 0 aromatic heterocycles. The molecule has 1 aromatic carbocycles. The first-order valence-electron chi connectivity index (χ1n) is 8.98. The Balaban J connectivity index is 1.49. The number of nitrogens with one attached hydrogen (secondary N) is 2. The van der Waals surface area contributed by atoms with Crippen LogP contribution in [0.3, 0.4) is 0 Å². The number of unbranched alkanes of at least 4 members (excludes halogenated alkanes) is 3. The Hall–Kier alpha value is -2.76. The standard InChI is InChI=1S/C20H28N4O2/c21-19(22)15-5-9-17(10-6-15)25-13-3-1-2-4-14-26-18-11-7-16(8-12-18)20(23)24/h5-7,9-12,16H,1-4,8,13-14H2,(H3,21,22)(H3,23,24). The van der Waals surface area contributed by atoms with Gasteiger partial charge in [-0.1, -0.05) is 6.08 Å². The quantitative estimate of drug-likeness (QED) is 0.276. The molecule has 0 aliphatic heterocycles. The second kappa shape index (κ2) is 10.3. The van der Waals surface area contributed by atoms with E-state index in [0.29, 0.717) is 18.8 Å². The van der Waals surface area contributed by atoms with E-state index in [9.17, 15) is 0 Å². The van der Waals surface area contributed by atoms with Crippen LogP contribution in [0, 0.1) is 16.7 Å². The SMILES string of the molecule is N=C(N)c1ccc(OCCCCCCOC2=CCC(C(=N)N)C=C2)cc1. The van der Waals surface area contributed by atoms with Crippen LogP contribution in [0.5, 0.6) is 5.75 Å². The van der Waals surface area contributed by atoms with Crippen molar-refractivity contribution in [3.05, 3.63) is 53.8 Å². The Kier molecular flexibility index (Phi) is 7.74. The molecular weight excluding hydrogens is 328 g/mol. The third kappa shape index (κ3) is 6.63. The van der Waals surface area contributed by atoms with Gasteiger partial charge in [0.15, 0.2) is 0 Å². The van der Waals surface area contributed by atoms with Crippen molar-refractivity contribution in [2.24, 2.45) is 17.4 Å². The van der Waals surface area contributed by atoms with E-state index in [-0.39, 0.29) is 17.6 Å². The van der Waals surface area contributed by atoms with Gasteiger partial charge in [0.25, 0.3) is 0 Å². The lowest BCUT2D eigenvalue weighted by Crippen LogP contribution is -2.21. The number of nitrogens with two attached hydrogens (primary N) is 2. The Morgan fingerprint density at radius 2 is 1.62 bits per heavy atom. The van der Waals surface area contributed by atoms with Crippen molar-refractivity contribution in [1.82, 2.24) is 0 Å². The number of nitrogen functional groups attached to an aromatic ring is 1. The Morgan fingerprint density at radius 3 is 2.15 bits per heavy atom. The largest absolute Gasteiger partial charge is 0.494 e. The summed E-state index contributed by atoms with van der Waals surface area (Å²) in [4.78, 5) is 0. The van der Waals surface area contributed by atoms with Crippen molar-refractivity contribution in [2.45, 2.75) is 32.1 Å². The maximum Gasteiger partial charge on any atom is 0.122 e. The Bertz CT molecular complexity index is 665. The van der Waals surface area contributed by atoms with Crippen LogP contribution in [-0.4, -0.2) is 24.9 Å². The Labute approximate surface area is 154 Å². The molecule has 0 saturated heterocycles. The monoisotopic (exact) mass is 356 g/mol. The van der Waals surface area contributed by atoms with E-state index in [4.69, 9.17) is 31.8 Å². The Morgan fingerprint density at radius 1 is 0.962 bits per heavy atom. The molecule has 0 amide bonds. The number of allylic oxidation sites excluding steroid dienone is 2. The highest BCUT2D eigenvalue weighted by Crippen LogP contribution is 2.17. The minimum atomic E-state index is 0.0148. The van der Waals surface area contributed by atoms with Crippen LogP contribution < -0.4 is 16.2 Å². The molecule has 6 heteroatoms. The predicted molar refractivity (Wildman–Crippen MR) is 105 cm³/mol. The van der Waals surface area contributed by atoms with Crippen LogP contribution >= 0.6 is 0 Å². The van der Waals surface area contributed by atoms with Crippen LogP contribution in [-0.2, 0) is 4.74 Å². The highest BCUT2D eigenvalue weighted by molar-refractivity contribution is 5.94. The second-order valence-electron chi connectivity index (χ2n) is 6.31. The van der Waals surface area contributed by atoms with E-state index in [1.54, 1.807) is 12.1 Å². The molecule has 0 fully saturated rings. The lowest BCUT2D eigenvalue weighted by molar-refractivity contribution is 0.212.